The summed E-state index contributed by atoms with van der Waals surface area (Å²) in [7, 11) is 0. The van der Waals surface area contributed by atoms with Gasteiger partial charge in [-0.15, -0.1) is 20.4 Å². The lowest BCUT2D eigenvalue weighted by molar-refractivity contribution is 0.765. The zero-order valence-electron chi connectivity index (χ0n) is 41.8. The van der Waals surface area contributed by atoms with Crippen LogP contribution in [0.5, 0.6) is 0 Å². The lowest BCUT2D eigenvalue weighted by atomic mass is 9.99. The molecule has 0 unspecified atom stereocenters. The molecule has 0 spiro atoms. The molecule has 8 nitrogen and oxygen atoms in total. The van der Waals surface area contributed by atoms with Gasteiger partial charge in [0.15, 0.2) is 0 Å². The maximum atomic E-state index is 8.89. The second-order valence-electron chi connectivity index (χ2n) is 14.4. The van der Waals surface area contributed by atoms with Gasteiger partial charge in [-0.05, 0) is 144 Å². The molecule has 294 valence electrons. The molecule has 11 rings (SSSR count). The molecule has 0 saturated heterocycles. The predicted octanol–water partition coefficient (Wildman–Crippen LogP) is 13.4. The van der Waals surface area contributed by atoms with Gasteiger partial charge in [0.05, 0.1) is 23.7 Å². The van der Waals surface area contributed by atoms with Crippen LogP contribution in [0, 0.1) is 0 Å². The highest BCUT2D eigenvalue weighted by Crippen LogP contribution is 2.38. The Bertz CT molecular complexity index is 3710. The van der Waals surface area contributed by atoms with E-state index in [1.54, 1.807) is 14.6 Å². The van der Waals surface area contributed by atoms with Crippen LogP contribution in [0.1, 0.15) is 12.3 Å². The van der Waals surface area contributed by atoms with Crippen molar-refractivity contribution in [3.63, 3.8) is 0 Å². The Hall–Kier alpha value is -8.62. The van der Waals surface area contributed by atoms with Crippen LogP contribution in [0.4, 0.5) is 34.1 Å². The molecule has 0 fully saturated rings. The maximum absolute atomic E-state index is 8.89. The van der Waals surface area contributed by atoms with E-state index in [1.165, 1.54) is 10.9 Å². The van der Waals surface area contributed by atoms with Crippen LogP contribution in [-0.2, 0) is 0 Å². The van der Waals surface area contributed by atoms with Gasteiger partial charge in [0.25, 0.3) is 0 Å². The Morgan fingerprint density at radius 3 is 0.984 bits per heavy atom. The molecule has 0 aliphatic rings. The Morgan fingerprint density at radius 1 is 0.290 bits per heavy atom. The van der Waals surface area contributed by atoms with Crippen molar-refractivity contribution in [2.24, 2.45) is 0 Å². The van der Waals surface area contributed by atoms with Crippen molar-refractivity contribution in [2.75, 3.05) is 9.80 Å². The number of para-hydroxylation sites is 2. The van der Waals surface area contributed by atoms with Crippen molar-refractivity contribution in [3.05, 3.63) is 230 Å². The minimum atomic E-state index is -0.474. The van der Waals surface area contributed by atoms with Crippen molar-refractivity contribution in [1.29, 1.82) is 0 Å². The average molecular weight is 808 g/mol. The van der Waals surface area contributed by atoms with Gasteiger partial charge in [0.2, 0.25) is 0 Å². The number of hydrogen-bond donors (Lipinski definition) is 0. The summed E-state index contributed by atoms with van der Waals surface area (Å²) in [6, 6.07) is 51.8. The van der Waals surface area contributed by atoms with Crippen molar-refractivity contribution >= 4 is 56.2 Å². The molecule has 2 heterocycles. The first kappa shape index (κ1) is 28.0. The van der Waals surface area contributed by atoms with E-state index in [-0.39, 0.29) is 41.9 Å². The van der Waals surface area contributed by atoms with Gasteiger partial charge in [-0.3, -0.25) is 0 Å². The number of aromatic nitrogens is 6. The Morgan fingerprint density at radius 2 is 0.597 bits per heavy atom. The van der Waals surface area contributed by atoms with Crippen molar-refractivity contribution in [3.8, 4) is 33.6 Å². The van der Waals surface area contributed by atoms with E-state index in [2.05, 4.69) is 20.4 Å². The summed E-state index contributed by atoms with van der Waals surface area (Å²) in [5.74, 6) is 0. The normalized spacial score (nSPS) is 13.3. The van der Waals surface area contributed by atoms with Crippen LogP contribution in [0.15, 0.2) is 230 Å². The molecule has 11 aromatic rings. The van der Waals surface area contributed by atoms with Gasteiger partial charge in [-0.1, -0.05) is 109 Å². The first-order chi connectivity index (χ1) is 34.4. The lowest BCUT2D eigenvalue weighted by Crippen LogP contribution is -2.10. The number of fused-ring (bicyclic) bond motifs is 2. The third-order valence-electron chi connectivity index (χ3n) is 10.5. The van der Waals surface area contributed by atoms with Crippen LogP contribution >= 0.6 is 0 Å². The van der Waals surface area contributed by atoms with Gasteiger partial charge in [0, 0.05) is 34.1 Å². The first-order valence-electron chi connectivity index (χ1n) is 24.3. The molecule has 0 amide bonds. The highest BCUT2D eigenvalue weighted by atomic mass is 15.5. The molecular formula is C54H38N8. The topological polar surface area (TPSA) is 67.9 Å². The molecule has 8 heteroatoms. The minimum absolute atomic E-state index is 0.0147. The molecule has 0 saturated carbocycles. The second-order valence-corrected chi connectivity index (χ2v) is 14.4. The van der Waals surface area contributed by atoms with Crippen molar-refractivity contribution in [1.82, 2.24) is 30.0 Å². The van der Waals surface area contributed by atoms with E-state index in [4.69, 9.17) is 12.3 Å². The standard InChI is InChI=1S/C54H38N8/c1-3-11-43(12-4-1)59(47-31-35-49(36-32-47)61-55-51-15-7-8-16-52(51)56-61)45-27-23-41(24-28-45)39-19-21-40(22-20-39)42-25-29-46(30-26-42)60(44-13-5-2-6-14-44)48-33-37-50(38-34-48)62-57-53-17-9-10-18-54(53)58-62/h1-38H/i1D,2D,3D,4D,5D,6D,11D,12D,13D. The molecule has 2 aromatic heterocycles. The maximum Gasteiger partial charge on any atom is 0.113 e. The van der Waals surface area contributed by atoms with E-state index in [1.807, 2.05) is 170 Å². The fourth-order valence-corrected chi connectivity index (χ4v) is 7.46. The summed E-state index contributed by atoms with van der Waals surface area (Å²) in [4.78, 5) is 6.57. The zero-order chi connectivity index (χ0) is 49.1. The van der Waals surface area contributed by atoms with Crippen LogP contribution in [0.2, 0.25) is 0 Å². The summed E-state index contributed by atoms with van der Waals surface area (Å²) in [5, 5.41) is 18.4. The van der Waals surface area contributed by atoms with Crippen LogP contribution in [0.25, 0.3) is 55.7 Å². The molecule has 0 radical (unpaired) electrons. The number of hydrogen-bond acceptors (Lipinski definition) is 6. The third kappa shape index (κ3) is 7.12. The smallest absolute Gasteiger partial charge is 0.113 e. The van der Waals surface area contributed by atoms with E-state index >= 15 is 0 Å². The monoisotopic (exact) mass is 807 g/mol. The summed E-state index contributed by atoms with van der Waals surface area (Å²) in [6.07, 6.45) is 0. The minimum Gasteiger partial charge on any atom is -0.311 e. The van der Waals surface area contributed by atoms with E-state index in [0.717, 1.165) is 50.0 Å². The predicted molar refractivity (Wildman–Crippen MR) is 252 cm³/mol. The number of nitrogens with zero attached hydrogens (tertiary/aromatic N) is 8. The van der Waals surface area contributed by atoms with Gasteiger partial charge >= 0.3 is 0 Å². The molecular weight excluding hydrogens is 761 g/mol. The van der Waals surface area contributed by atoms with Crippen LogP contribution in [-0.4, -0.2) is 30.0 Å². The van der Waals surface area contributed by atoms with Gasteiger partial charge in [0.1, 0.15) is 22.1 Å². The van der Waals surface area contributed by atoms with E-state index in [9.17, 15) is 0 Å². The zero-order valence-corrected chi connectivity index (χ0v) is 32.8. The van der Waals surface area contributed by atoms with Crippen molar-refractivity contribution < 1.29 is 12.3 Å². The summed E-state index contributed by atoms with van der Waals surface area (Å²) < 4.78 is 76.9. The summed E-state index contributed by atoms with van der Waals surface area (Å²) in [5.41, 5.74) is 10.9. The van der Waals surface area contributed by atoms with Crippen LogP contribution in [0.3, 0.4) is 0 Å². The molecule has 0 aliphatic heterocycles. The Kier molecular flexibility index (Phi) is 7.15. The van der Waals surface area contributed by atoms with Gasteiger partial charge in [-0.25, -0.2) is 0 Å². The Labute approximate surface area is 371 Å². The van der Waals surface area contributed by atoms with Crippen molar-refractivity contribution in [2.45, 2.75) is 0 Å². The van der Waals surface area contributed by atoms with Gasteiger partial charge < -0.3 is 9.80 Å². The second kappa shape index (κ2) is 15.9. The molecule has 62 heavy (non-hydrogen) atoms. The summed E-state index contributed by atoms with van der Waals surface area (Å²) in [6.45, 7) is 0. The quantitative estimate of drug-likeness (QED) is 0.137. The third-order valence-corrected chi connectivity index (χ3v) is 10.5. The lowest BCUT2D eigenvalue weighted by Gasteiger charge is -2.26. The van der Waals surface area contributed by atoms with E-state index < -0.39 is 18.1 Å². The SMILES string of the molecule is [2H]c1cc(N(c2ccc(-c3ccc(-c4ccc(N(c5ccc(-n6nc7ccccc7n6)cc5)c5c([2H])c([2H])c([2H])c([2H])c5[2H])cc4)cc3)cc2)c2ccc(-n3nc4ccccc4n3)cc2)c([2H])c([2H])c1[2H]. The first-order valence-corrected chi connectivity index (χ1v) is 19.8. The fourth-order valence-electron chi connectivity index (χ4n) is 7.46. The summed E-state index contributed by atoms with van der Waals surface area (Å²) >= 11 is 0. The average Bonchev–Trinajstić information content (AvgIpc) is 4.06. The fraction of sp³-hybridized carbons (Fsp3) is 0. The van der Waals surface area contributed by atoms with Gasteiger partial charge in [-0.2, -0.15) is 9.59 Å². The number of anilines is 6. The van der Waals surface area contributed by atoms with E-state index in [0.29, 0.717) is 34.1 Å². The molecule has 0 aliphatic carbocycles. The molecule has 0 N–H and O–H groups in total. The highest BCUT2D eigenvalue weighted by molar-refractivity contribution is 5.82. The highest BCUT2D eigenvalue weighted by Gasteiger charge is 2.16. The largest absolute Gasteiger partial charge is 0.311 e. The van der Waals surface area contributed by atoms with Crippen LogP contribution < -0.4 is 9.80 Å². The molecule has 0 atom stereocenters. The molecule has 9 aromatic carbocycles. The Balaban J connectivity index is 0.882. The number of rotatable bonds is 10. The molecule has 0 bridgehead atoms. The number of benzene rings is 9.